The Balaban J connectivity index is 2.16. The number of halogens is 1. The highest BCUT2D eigenvalue weighted by molar-refractivity contribution is 9.10. The van der Waals surface area contributed by atoms with Crippen LogP contribution >= 0.6 is 15.9 Å². The first-order valence-electron chi connectivity index (χ1n) is 7.91. The lowest BCUT2D eigenvalue weighted by Crippen LogP contribution is -2.16. The Morgan fingerprint density at radius 2 is 1.67 bits per heavy atom. The van der Waals surface area contributed by atoms with Crippen molar-refractivity contribution in [3.63, 3.8) is 0 Å². The molecule has 0 aliphatic rings. The van der Waals surface area contributed by atoms with Crippen molar-refractivity contribution in [2.75, 3.05) is 14.2 Å². The van der Waals surface area contributed by atoms with Gasteiger partial charge in [0.25, 0.3) is 0 Å². The molecule has 0 fully saturated rings. The lowest BCUT2D eigenvalue weighted by Gasteiger charge is -2.19. The van der Waals surface area contributed by atoms with E-state index in [-0.39, 0.29) is 6.10 Å². The number of nitrogens with one attached hydrogen (secondary N) is 1. The molecule has 2 rings (SSSR count). The molecule has 5 heteroatoms. The van der Waals surface area contributed by atoms with Crippen LogP contribution in [-0.4, -0.2) is 20.3 Å². The maximum absolute atomic E-state index is 5.98. The monoisotopic (exact) mass is 393 g/mol. The molecule has 0 saturated heterocycles. The van der Waals surface area contributed by atoms with Crippen LogP contribution in [0.25, 0.3) is 0 Å². The zero-order valence-corrected chi connectivity index (χ0v) is 16.1. The number of hydrogen-bond acceptors (Lipinski definition) is 4. The van der Waals surface area contributed by atoms with Crippen LogP contribution in [0.1, 0.15) is 25.0 Å². The molecule has 1 N–H and O–H groups in total. The SMILES string of the molecule is COc1ccccc1CNCc1c(Br)ccc(OC)c1OC(C)C. The number of hydrogen-bond donors (Lipinski definition) is 1. The van der Waals surface area contributed by atoms with Gasteiger partial charge in [0.2, 0.25) is 0 Å². The van der Waals surface area contributed by atoms with Gasteiger partial charge in [-0.3, -0.25) is 0 Å². The minimum atomic E-state index is 0.0705. The first-order chi connectivity index (χ1) is 11.6. The molecule has 130 valence electrons. The fourth-order valence-electron chi connectivity index (χ4n) is 2.44. The quantitative estimate of drug-likeness (QED) is 0.714. The summed E-state index contributed by atoms with van der Waals surface area (Å²) < 4.78 is 17.8. The van der Waals surface area contributed by atoms with Gasteiger partial charge in [-0.05, 0) is 32.0 Å². The maximum atomic E-state index is 5.98. The van der Waals surface area contributed by atoms with E-state index in [0.717, 1.165) is 32.8 Å². The van der Waals surface area contributed by atoms with Crippen LogP contribution in [0.3, 0.4) is 0 Å². The molecule has 0 amide bonds. The highest BCUT2D eigenvalue weighted by Crippen LogP contribution is 2.37. The van der Waals surface area contributed by atoms with E-state index in [9.17, 15) is 0 Å². The fourth-order valence-corrected chi connectivity index (χ4v) is 2.90. The molecule has 0 aromatic heterocycles. The van der Waals surface area contributed by atoms with Gasteiger partial charge in [-0.15, -0.1) is 0 Å². The summed E-state index contributed by atoms with van der Waals surface area (Å²) in [5, 5.41) is 3.45. The molecular formula is C19H24BrNO3. The summed E-state index contributed by atoms with van der Waals surface area (Å²) >= 11 is 3.61. The van der Waals surface area contributed by atoms with E-state index in [1.807, 2.05) is 44.2 Å². The van der Waals surface area contributed by atoms with E-state index in [4.69, 9.17) is 14.2 Å². The van der Waals surface area contributed by atoms with Crippen molar-refractivity contribution in [3.05, 3.63) is 52.0 Å². The topological polar surface area (TPSA) is 39.7 Å². The first kappa shape index (κ1) is 18.6. The summed E-state index contributed by atoms with van der Waals surface area (Å²) in [5.74, 6) is 2.39. The third kappa shape index (κ3) is 4.65. The summed E-state index contributed by atoms with van der Waals surface area (Å²) in [6.45, 7) is 5.37. The Morgan fingerprint density at radius 3 is 2.33 bits per heavy atom. The van der Waals surface area contributed by atoms with E-state index >= 15 is 0 Å². The fraction of sp³-hybridized carbons (Fsp3) is 0.368. The van der Waals surface area contributed by atoms with Crippen molar-refractivity contribution >= 4 is 15.9 Å². The van der Waals surface area contributed by atoms with Gasteiger partial charge in [0.1, 0.15) is 5.75 Å². The molecule has 4 nitrogen and oxygen atoms in total. The maximum Gasteiger partial charge on any atom is 0.167 e. The minimum Gasteiger partial charge on any atom is -0.496 e. The normalized spacial score (nSPS) is 10.8. The number of methoxy groups -OCH3 is 2. The zero-order chi connectivity index (χ0) is 17.5. The molecule has 0 bridgehead atoms. The molecule has 0 spiro atoms. The third-order valence-corrected chi connectivity index (χ3v) is 4.29. The van der Waals surface area contributed by atoms with Crippen molar-refractivity contribution in [2.24, 2.45) is 0 Å². The average Bonchev–Trinajstić information content (AvgIpc) is 2.57. The van der Waals surface area contributed by atoms with E-state index < -0.39 is 0 Å². The molecule has 2 aromatic carbocycles. The van der Waals surface area contributed by atoms with Crippen LogP contribution in [0.4, 0.5) is 0 Å². The van der Waals surface area contributed by atoms with Gasteiger partial charge in [0.15, 0.2) is 11.5 Å². The molecular weight excluding hydrogens is 370 g/mol. The number of rotatable bonds is 8. The van der Waals surface area contributed by atoms with Gasteiger partial charge in [-0.25, -0.2) is 0 Å². The summed E-state index contributed by atoms with van der Waals surface area (Å²) in [7, 11) is 3.34. The van der Waals surface area contributed by atoms with Crippen molar-refractivity contribution in [2.45, 2.75) is 33.0 Å². The van der Waals surface area contributed by atoms with E-state index in [2.05, 4.69) is 27.3 Å². The van der Waals surface area contributed by atoms with Crippen molar-refractivity contribution in [3.8, 4) is 17.2 Å². The largest absolute Gasteiger partial charge is 0.496 e. The Labute approximate surface area is 152 Å². The van der Waals surface area contributed by atoms with Crippen LogP contribution in [0, 0.1) is 0 Å². The molecule has 0 aliphatic heterocycles. The molecule has 2 aromatic rings. The van der Waals surface area contributed by atoms with E-state index in [1.165, 1.54) is 0 Å². The standard InChI is InChI=1S/C19H24BrNO3/c1-13(2)24-19-15(16(20)9-10-18(19)23-4)12-21-11-14-7-5-6-8-17(14)22-3/h5-10,13,21H,11-12H2,1-4H3. The van der Waals surface area contributed by atoms with E-state index in [1.54, 1.807) is 14.2 Å². The van der Waals surface area contributed by atoms with Crippen LogP contribution in [0.5, 0.6) is 17.2 Å². The van der Waals surface area contributed by atoms with Crippen molar-refractivity contribution in [1.82, 2.24) is 5.32 Å². The second-order valence-electron chi connectivity index (χ2n) is 5.64. The summed E-state index contributed by atoms with van der Waals surface area (Å²) in [5.41, 5.74) is 2.16. The Morgan fingerprint density at radius 1 is 0.958 bits per heavy atom. The third-order valence-electron chi connectivity index (χ3n) is 3.55. The average molecular weight is 394 g/mol. The van der Waals surface area contributed by atoms with Crippen molar-refractivity contribution in [1.29, 1.82) is 0 Å². The predicted octanol–water partition coefficient (Wildman–Crippen LogP) is 4.54. The molecule has 0 radical (unpaired) electrons. The molecule has 0 atom stereocenters. The van der Waals surface area contributed by atoms with Gasteiger partial charge in [-0.1, -0.05) is 34.1 Å². The smallest absolute Gasteiger partial charge is 0.167 e. The minimum absolute atomic E-state index is 0.0705. The summed E-state index contributed by atoms with van der Waals surface area (Å²) in [4.78, 5) is 0. The number of para-hydroxylation sites is 1. The van der Waals surface area contributed by atoms with Gasteiger partial charge in [0, 0.05) is 28.7 Å². The number of benzene rings is 2. The highest BCUT2D eigenvalue weighted by atomic mass is 79.9. The molecule has 24 heavy (non-hydrogen) atoms. The molecule has 0 saturated carbocycles. The molecule has 0 aliphatic carbocycles. The first-order valence-corrected chi connectivity index (χ1v) is 8.70. The van der Waals surface area contributed by atoms with Crippen LogP contribution in [0.2, 0.25) is 0 Å². The number of ether oxygens (including phenoxy) is 3. The van der Waals surface area contributed by atoms with Crippen LogP contribution in [0.15, 0.2) is 40.9 Å². The Bertz CT molecular complexity index is 674. The zero-order valence-electron chi connectivity index (χ0n) is 14.6. The van der Waals surface area contributed by atoms with E-state index in [0.29, 0.717) is 13.1 Å². The second kappa shape index (κ2) is 8.94. The van der Waals surface area contributed by atoms with Gasteiger partial charge >= 0.3 is 0 Å². The lowest BCUT2D eigenvalue weighted by atomic mass is 10.1. The van der Waals surface area contributed by atoms with Crippen LogP contribution in [-0.2, 0) is 13.1 Å². The summed E-state index contributed by atoms with van der Waals surface area (Å²) in [6, 6.07) is 11.9. The van der Waals surface area contributed by atoms with Crippen LogP contribution < -0.4 is 19.5 Å². The van der Waals surface area contributed by atoms with Crippen molar-refractivity contribution < 1.29 is 14.2 Å². The van der Waals surface area contributed by atoms with Gasteiger partial charge in [0.05, 0.1) is 20.3 Å². The molecule has 0 unspecified atom stereocenters. The predicted molar refractivity (Wildman–Crippen MR) is 100.0 cm³/mol. The summed E-state index contributed by atoms with van der Waals surface area (Å²) in [6.07, 6.45) is 0.0705. The lowest BCUT2D eigenvalue weighted by molar-refractivity contribution is 0.227. The molecule has 0 heterocycles. The highest BCUT2D eigenvalue weighted by Gasteiger charge is 2.15. The second-order valence-corrected chi connectivity index (χ2v) is 6.49. The Kier molecular flexibility index (Phi) is 6.94. The van der Waals surface area contributed by atoms with Gasteiger partial charge < -0.3 is 19.5 Å². The van der Waals surface area contributed by atoms with Gasteiger partial charge in [-0.2, -0.15) is 0 Å². The Hall–Kier alpha value is -1.72.